The molecule has 13 heavy (non-hydrogen) atoms. The van der Waals surface area contributed by atoms with Gasteiger partial charge in [-0.2, -0.15) is 8.42 Å². The Hall–Kier alpha value is -0.170. The number of rotatable bonds is 3. The molecule has 0 aromatic heterocycles. The van der Waals surface area contributed by atoms with Crippen LogP contribution in [0.3, 0.4) is 0 Å². The van der Waals surface area contributed by atoms with Crippen LogP contribution in [0, 0.1) is 0 Å². The zero-order chi connectivity index (χ0) is 9.90. The summed E-state index contributed by atoms with van der Waals surface area (Å²) >= 11 is 0. The van der Waals surface area contributed by atoms with E-state index in [0.29, 0.717) is 13.2 Å². The average molecular weight is 209 g/mol. The van der Waals surface area contributed by atoms with Crippen molar-refractivity contribution in [2.45, 2.75) is 13.0 Å². The van der Waals surface area contributed by atoms with Gasteiger partial charge in [0.25, 0.3) is 10.1 Å². The molecule has 0 unspecified atom stereocenters. The predicted molar refractivity (Wildman–Crippen MR) is 48.3 cm³/mol. The standard InChI is InChI=1S/C7H15NO4S/c1-7(6-13(9,10)11)8-2-4-12-5-3-8/h7H,2-6H2,1H3,(H,9,10,11)/t7-/m1/s1. The van der Waals surface area contributed by atoms with Crippen molar-refractivity contribution in [3.05, 3.63) is 0 Å². The number of ether oxygens (including phenoxy) is 1. The van der Waals surface area contributed by atoms with Gasteiger partial charge in [0, 0.05) is 19.1 Å². The summed E-state index contributed by atoms with van der Waals surface area (Å²) in [5.41, 5.74) is 0. The summed E-state index contributed by atoms with van der Waals surface area (Å²) in [7, 11) is -3.86. The predicted octanol–water partition coefficient (Wildman–Crippen LogP) is -0.405. The van der Waals surface area contributed by atoms with E-state index < -0.39 is 10.1 Å². The molecular formula is C7H15NO4S. The fourth-order valence-corrected chi connectivity index (χ4v) is 2.25. The molecule has 0 aliphatic carbocycles. The van der Waals surface area contributed by atoms with Gasteiger partial charge in [-0.25, -0.2) is 0 Å². The van der Waals surface area contributed by atoms with E-state index in [4.69, 9.17) is 9.29 Å². The molecule has 1 rings (SSSR count). The van der Waals surface area contributed by atoms with Crippen LogP contribution in [0.25, 0.3) is 0 Å². The second-order valence-corrected chi connectivity index (χ2v) is 4.74. The first kappa shape index (κ1) is 10.9. The molecule has 6 heteroatoms. The van der Waals surface area contributed by atoms with E-state index in [-0.39, 0.29) is 11.8 Å². The zero-order valence-electron chi connectivity index (χ0n) is 7.64. The van der Waals surface area contributed by atoms with Crippen LogP contribution in [0.15, 0.2) is 0 Å². The van der Waals surface area contributed by atoms with Gasteiger partial charge in [-0.15, -0.1) is 0 Å². The highest BCUT2D eigenvalue weighted by molar-refractivity contribution is 7.85. The minimum absolute atomic E-state index is 0.140. The molecule has 1 N–H and O–H groups in total. The minimum atomic E-state index is -3.86. The lowest BCUT2D eigenvalue weighted by Crippen LogP contribution is -2.44. The SMILES string of the molecule is C[C@H](CS(=O)(=O)O)N1CCOCC1. The zero-order valence-corrected chi connectivity index (χ0v) is 8.46. The number of hydrogen-bond acceptors (Lipinski definition) is 4. The summed E-state index contributed by atoms with van der Waals surface area (Å²) in [5, 5.41) is 0. The van der Waals surface area contributed by atoms with Gasteiger partial charge < -0.3 is 4.74 Å². The van der Waals surface area contributed by atoms with E-state index in [1.54, 1.807) is 6.92 Å². The Morgan fingerprint density at radius 3 is 2.46 bits per heavy atom. The molecule has 1 aliphatic rings. The Morgan fingerprint density at radius 2 is 2.00 bits per heavy atom. The topological polar surface area (TPSA) is 66.8 Å². The number of morpholine rings is 1. The van der Waals surface area contributed by atoms with E-state index in [0.717, 1.165) is 13.1 Å². The first-order valence-corrected chi connectivity index (χ1v) is 5.87. The van der Waals surface area contributed by atoms with E-state index in [9.17, 15) is 8.42 Å². The molecule has 1 atom stereocenters. The normalized spacial score (nSPS) is 22.9. The molecule has 1 fully saturated rings. The average Bonchev–Trinajstić information content (AvgIpc) is 2.03. The highest BCUT2D eigenvalue weighted by Gasteiger charge is 2.21. The fourth-order valence-electron chi connectivity index (χ4n) is 1.43. The molecule has 0 aromatic carbocycles. The molecular weight excluding hydrogens is 194 g/mol. The van der Waals surface area contributed by atoms with E-state index in [2.05, 4.69) is 0 Å². The summed E-state index contributed by atoms with van der Waals surface area (Å²) in [6.45, 7) is 4.53. The van der Waals surface area contributed by atoms with Gasteiger partial charge in [0.2, 0.25) is 0 Å². The first-order valence-electron chi connectivity index (χ1n) is 4.26. The van der Waals surface area contributed by atoms with Crippen LogP contribution < -0.4 is 0 Å². The van der Waals surface area contributed by atoms with E-state index >= 15 is 0 Å². The third-order valence-electron chi connectivity index (χ3n) is 2.12. The molecule has 0 saturated carbocycles. The Labute approximate surface area is 78.4 Å². The maximum absolute atomic E-state index is 10.6. The molecule has 1 saturated heterocycles. The molecule has 78 valence electrons. The first-order chi connectivity index (χ1) is 5.99. The van der Waals surface area contributed by atoms with E-state index in [1.807, 2.05) is 4.90 Å². The summed E-state index contributed by atoms with van der Waals surface area (Å²) in [4.78, 5) is 2.00. The van der Waals surface area contributed by atoms with Gasteiger partial charge in [0.15, 0.2) is 0 Å². The molecule has 5 nitrogen and oxygen atoms in total. The molecule has 0 bridgehead atoms. The van der Waals surface area contributed by atoms with Gasteiger partial charge in [0.1, 0.15) is 0 Å². The third-order valence-corrected chi connectivity index (χ3v) is 3.02. The van der Waals surface area contributed by atoms with Gasteiger partial charge in [-0.3, -0.25) is 9.45 Å². The van der Waals surface area contributed by atoms with Crippen molar-refractivity contribution in [3.63, 3.8) is 0 Å². The second kappa shape index (κ2) is 4.36. The molecule has 0 radical (unpaired) electrons. The van der Waals surface area contributed by atoms with Crippen molar-refractivity contribution in [3.8, 4) is 0 Å². The smallest absolute Gasteiger partial charge is 0.266 e. The van der Waals surface area contributed by atoms with Crippen LogP contribution in [0.4, 0.5) is 0 Å². The quantitative estimate of drug-likeness (QED) is 0.640. The van der Waals surface area contributed by atoms with Crippen LogP contribution >= 0.6 is 0 Å². The molecule has 0 amide bonds. The Morgan fingerprint density at radius 1 is 1.46 bits per heavy atom. The number of nitrogens with zero attached hydrogens (tertiary/aromatic N) is 1. The van der Waals surface area contributed by atoms with Gasteiger partial charge in [0.05, 0.1) is 19.0 Å². The van der Waals surface area contributed by atoms with Crippen molar-refractivity contribution < 1.29 is 17.7 Å². The van der Waals surface area contributed by atoms with Gasteiger partial charge >= 0.3 is 0 Å². The van der Waals surface area contributed by atoms with Crippen molar-refractivity contribution in [1.82, 2.24) is 4.90 Å². The minimum Gasteiger partial charge on any atom is -0.379 e. The second-order valence-electron chi connectivity index (χ2n) is 3.25. The fraction of sp³-hybridized carbons (Fsp3) is 1.00. The van der Waals surface area contributed by atoms with Gasteiger partial charge in [-0.05, 0) is 6.92 Å². The summed E-state index contributed by atoms with van der Waals surface area (Å²) < 4.78 is 34.9. The van der Waals surface area contributed by atoms with Crippen LogP contribution in [-0.4, -0.2) is 56.0 Å². The highest BCUT2D eigenvalue weighted by atomic mass is 32.2. The van der Waals surface area contributed by atoms with Crippen LogP contribution in [-0.2, 0) is 14.9 Å². The molecule has 1 aliphatic heterocycles. The van der Waals surface area contributed by atoms with Crippen molar-refractivity contribution in [2.24, 2.45) is 0 Å². The molecule has 0 aromatic rings. The summed E-state index contributed by atoms with van der Waals surface area (Å²) in [5.74, 6) is -0.201. The molecule has 1 heterocycles. The van der Waals surface area contributed by atoms with Crippen LogP contribution in [0.5, 0.6) is 0 Å². The lowest BCUT2D eigenvalue weighted by Gasteiger charge is -2.31. The van der Waals surface area contributed by atoms with Crippen LogP contribution in [0.2, 0.25) is 0 Å². The van der Waals surface area contributed by atoms with E-state index in [1.165, 1.54) is 0 Å². The summed E-state index contributed by atoms with van der Waals surface area (Å²) in [6, 6.07) is -0.140. The number of hydrogen-bond donors (Lipinski definition) is 1. The maximum atomic E-state index is 10.6. The van der Waals surface area contributed by atoms with Gasteiger partial charge in [-0.1, -0.05) is 0 Å². The van der Waals surface area contributed by atoms with Crippen molar-refractivity contribution in [2.75, 3.05) is 32.1 Å². The highest BCUT2D eigenvalue weighted by Crippen LogP contribution is 2.05. The molecule has 0 spiro atoms. The Balaban J connectivity index is 2.42. The summed E-state index contributed by atoms with van der Waals surface area (Å²) in [6.07, 6.45) is 0. The Bertz CT molecular complexity index is 245. The Kier molecular flexibility index (Phi) is 3.66. The maximum Gasteiger partial charge on any atom is 0.266 e. The van der Waals surface area contributed by atoms with Crippen LogP contribution in [0.1, 0.15) is 6.92 Å². The van der Waals surface area contributed by atoms with Crippen molar-refractivity contribution >= 4 is 10.1 Å². The largest absolute Gasteiger partial charge is 0.379 e. The van der Waals surface area contributed by atoms with Crippen molar-refractivity contribution in [1.29, 1.82) is 0 Å². The lowest BCUT2D eigenvalue weighted by atomic mass is 10.3. The third kappa shape index (κ3) is 4.04. The monoisotopic (exact) mass is 209 g/mol. The lowest BCUT2D eigenvalue weighted by molar-refractivity contribution is 0.0241.